The van der Waals surface area contributed by atoms with E-state index in [4.69, 9.17) is 16.6 Å². The number of aliphatic carboxylic acids is 1. The Morgan fingerprint density at radius 1 is 1.33 bits per heavy atom. The lowest BCUT2D eigenvalue weighted by Crippen LogP contribution is -2.29. The second-order valence-electron chi connectivity index (χ2n) is 2.23. The summed E-state index contributed by atoms with van der Waals surface area (Å²) in [5.74, 6) is -0.933. The summed E-state index contributed by atoms with van der Waals surface area (Å²) in [4.78, 5) is 10.1. The number of hydrogen-bond donors (Lipinski definition) is 3. The van der Waals surface area contributed by atoms with Gasteiger partial charge in [0, 0.05) is 0 Å². The highest BCUT2D eigenvalue weighted by Crippen LogP contribution is 1.96. The minimum Gasteiger partial charge on any atom is -0.480 e. The van der Waals surface area contributed by atoms with Gasteiger partial charge in [-0.15, -0.1) is 34.0 Å². The lowest BCUT2D eigenvalue weighted by molar-refractivity contribution is -0.138. The Morgan fingerprint density at radius 3 is 2.17 bits per heavy atom. The lowest BCUT2D eigenvalue weighted by Gasteiger charge is -2.03. The van der Waals surface area contributed by atoms with Gasteiger partial charge in [0.15, 0.2) is 0 Å². The van der Waals surface area contributed by atoms with E-state index in [0.717, 1.165) is 12.8 Å². The van der Waals surface area contributed by atoms with Crippen LogP contribution in [0.25, 0.3) is 0 Å². The van der Waals surface area contributed by atoms with Gasteiger partial charge in [0.1, 0.15) is 6.04 Å². The summed E-state index contributed by atoms with van der Waals surface area (Å²) in [6, 6.07) is -0.716. The number of hydrogen-bond acceptors (Lipinski definition) is 3. The molecule has 0 heterocycles. The molecule has 0 fully saturated rings. The van der Waals surface area contributed by atoms with Crippen molar-refractivity contribution in [3.05, 3.63) is 0 Å². The summed E-state index contributed by atoms with van der Waals surface area (Å²) >= 11 is 0. The third kappa shape index (κ3) is 10.3. The molecule has 0 rings (SSSR count). The fourth-order valence-electron chi connectivity index (χ4n) is 0.632. The SMILES string of the molecule is Br.Br.NCCCCC(N)C(=O)O. The molecule has 0 bridgehead atoms. The Balaban J connectivity index is -0.000000405. The van der Waals surface area contributed by atoms with Crippen LogP contribution in [-0.4, -0.2) is 23.7 Å². The van der Waals surface area contributed by atoms with Gasteiger partial charge in [-0.3, -0.25) is 4.79 Å². The second-order valence-corrected chi connectivity index (χ2v) is 2.23. The Kier molecular flexibility index (Phi) is 17.2. The number of carbonyl (C=O) groups is 1. The van der Waals surface area contributed by atoms with E-state index in [1.165, 1.54) is 0 Å². The van der Waals surface area contributed by atoms with Crippen molar-refractivity contribution >= 4 is 39.9 Å². The van der Waals surface area contributed by atoms with Gasteiger partial charge in [-0.05, 0) is 19.4 Å². The molecule has 76 valence electrons. The van der Waals surface area contributed by atoms with Crippen LogP contribution in [0.2, 0.25) is 0 Å². The number of nitrogens with two attached hydrogens (primary N) is 2. The van der Waals surface area contributed by atoms with Gasteiger partial charge < -0.3 is 16.6 Å². The van der Waals surface area contributed by atoms with Crippen LogP contribution in [0.1, 0.15) is 19.3 Å². The van der Waals surface area contributed by atoms with E-state index in [0.29, 0.717) is 13.0 Å². The lowest BCUT2D eigenvalue weighted by atomic mass is 10.1. The number of carboxylic acid groups (broad SMARTS) is 1. The van der Waals surface area contributed by atoms with Crippen LogP contribution < -0.4 is 11.5 Å². The predicted molar refractivity (Wildman–Crippen MR) is 59.2 cm³/mol. The summed E-state index contributed by atoms with van der Waals surface area (Å²) in [7, 11) is 0. The minimum atomic E-state index is -0.933. The van der Waals surface area contributed by atoms with E-state index >= 15 is 0 Å². The van der Waals surface area contributed by atoms with Gasteiger partial charge in [0.25, 0.3) is 0 Å². The molecule has 0 aromatic heterocycles. The number of halogens is 2. The summed E-state index contributed by atoms with van der Waals surface area (Å²) in [5.41, 5.74) is 10.4. The van der Waals surface area contributed by atoms with Crippen molar-refractivity contribution in [2.75, 3.05) is 6.54 Å². The maximum atomic E-state index is 10.1. The molecule has 0 aromatic carbocycles. The molecule has 0 aliphatic heterocycles. The summed E-state index contributed by atoms with van der Waals surface area (Å²) in [6.45, 7) is 0.604. The molecule has 0 saturated carbocycles. The standard InChI is InChI=1S/C6H14N2O2.2BrH/c7-4-2-1-3-5(8)6(9)10;;/h5H,1-4,7-8H2,(H,9,10);2*1H. The van der Waals surface area contributed by atoms with Crippen molar-refractivity contribution in [3.8, 4) is 0 Å². The highest BCUT2D eigenvalue weighted by Gasteiger charge is 2.09. The first kappa shape index (κ1) is 18.2. The molecule has 0 saturated heterocycles. The van der Waals surface area contributed by atoms with Crippen LogP contribution in [0.4, 0.5) is 0 Å². The average Bonchev–Trinajstić information content (AvgIpc) is 1.88. The molecule has 0 amide bonds. The number of rotatable bonds is 5. The smallest absolute Gasteiger partial charge is 0.320 e. The topological polar surface area (TPSA) is 89.3 Å². The first-order valence-corrected chi connectivity index (χ1v) is 3.37. The summed E-state index contributed by atoms with van der Waals surface area (Å²) in [6.07, 6.45) is 2.16. The Bertz CT molecular complexity index is 114. The Morgan fingerprint density at radius 2 is 1.83 bits per heavy atom. The van der Waals surface area contributed by atoms with Gasteiger partial charge in [0.05, 0.1) is 0 Å². The maximum Gasteiger partial charge on any atom is 0.320 e. The van der Waals surface area contributed by atoms with Crippen LogP contribution in [0, 0.1) is 0 Å². The normalized spacial score (nSPS) is 10.8. The fraction of sp³-hybridized carbons (Fsp3) is 0.833. The monoisotopic (exact) mass is 306 g/mol. The van der Waals surface area contributed by atoms with Crippen molar-refractivity contribution in [3.63, 3.8) is 0 Å². The molecule has 0 aliphatic rings. The molecule has 0 radical (unpaired) electrons. The van der Waals surface area contributed by atoms with E-state index in [1.54, 1.807) is 0 Å². The van der Waals surface area contributed by atoms with Gasteiger partial charge >= 0.3 is 5.97 Å². The van der Waals surface area contributed by atoms with E-state index in [-0.39, 0.29) is 34.0 Å². The third-order valence-electron chi connectivity index (χ3n) is 1.29. The van der Waals surface area contributed by atoms with Gasteiger partial charge in [0.2, 0.25) is 0 Å². The molecule has 1 unspecified atom stereocenters. The molecule has 5 N–H and O–H groups in total. The molecule has 1 atom stereocenters. The van der Waals surface area contributed by atoms with Gasteiger partial charge in [-0.2, -0.15) is 0 Å². The average molecular weight is 308 g/mol. The first-order chi connectivity index (χ1) is 4.68. The van der Waals surface area contributed by atoms with Crippen LogP contribution in [0.5, 0.6) is 0 Å². The summed E-state index contributed by atoms with van der Waals surface area (Å²) in [5, 5.41) is 8.33. The van der Waals surface area contributed by atoms with Gasteiger partial charge in [-0.1, -0.05) is 6.42 Å². The molecular formula is C6H16Br2N2O2. The molecule has 0 aromatic rings. The number of carboxylic acids is 1. The zero-order valence-electron chi connectivity index (χ0n) is 6.73. The molecule has 6 heteroatoms. The van der Waals surface area contributed by atoms with Crippen molar-refractivity contribution in [2.24, 2.45) is 11.5 Å². The van der Waals surface area contributed by atoms with Crippen molar-refractivity contribution in [1.29, 1.82) is 0 Å². The van der Waals surface area contributed by atoms with E-state index in [1.807, 2.05) is 0 Å². The Labute approximate surface area is 93.2 Å². The third-order valence-corrected chi connectivity index (χ3v) is 1.29. The minimum absolute atomic E-state index is 0. The van der Waals surface area contributed by atoms with Crippen molar-refractivity contribution in [1.82, 2.24) is 0 Å². The van der Waals surface area contributed by atoms with E-state index < -0.39 is 12.0 Å². The predicted octanol–water partition coefficient (Wildman–Crippen LogP) is 0.683. The van der Waals surface area contributed by atoms with E-state index in [9.17, 15) is 4.79 Å². The molecule has 4 nitrogen and oxygen atoms in total. The number of unbranched alkanes of at least 4 members (excludes halogenated alkanes) is 1. The zero-order valence-corrected chi connectivity index (χ0v) is 10.2. The van der Waals surface area contributed by atoms with Crippen LogP contribution in [-0.2, 0) is 4.79 Å². The van der Waals surface area contributed by atoms with Crippen LogP contribution in [0.15, 0.2) is 0 Å². The van der Waals surface area contributed by atoms with Crippen LogP contribution in [0.3, 0.4) is 0 Å². The van der Waals surface area contributed by atoms with Crippen molar-refractivity contribution < 1.29 is 9.90 Å². The quantitative estimate of drug-likeness (QED) is 0.652. The first-order valence-electron chi connectivity index (χ1n) is 3.37. The maximum absolute atomic E-state index is 10.1. The molecule has 0 aliphatic carbocycles. The highest BCUT2D eigenvalue weighted by atomic mass is 79.9. The molecule has 0 spiro atoms. The van der Waals surface area contributed by atoms with Crippen LogP contribution >= 0.6 is 34.0 Å². The molecular weight excluding hydrogens is 292 g/mol. The van der Waals surface area contributed by atoms with Gasteiger partial charge in [-0.25, -0.2) is 0 Å². The fourth-order valence-corrected chi connectivity index (χ4v) is 0.632. The van der Waals surface area contributed by atoms with Crippen molar-refractivity contribution in [2.45, 2.75) is 25.3 Å². The largest absolute Gasteiger partial charge is 0.480 e. The molecule has 12 heavy (non-hydrogen) atoms. The van der Waals surface area contributed by atoms with E-state index in [2.05, 4.69) is 0 Å². The highest BCUT2D eigenvalue weighted by molar-refractivity contribution is 8.93. The second kappa shape index (κ2) is 11.4. The zero-order chi connectivity index (χ0) is 7.98. The Hall–Kier alpha value is 0.350. The summed E-state index contributed by atoms with van der Waals surface area (Å²) < 4.78 is 0.